The largest absolute Gasteiger partial charge is 0.0622 e. The fraction of sp³-hybridized carbons (Fsp3) is 0. The van der Waals surface area contributed by atoms with Crippen LogP contribution in [0.2, 0.25) is 0 Å². The molecule has 4 heteroatoms. The first-order valence-electron chi connectivity index (χ1n) is 18.2. The second-order valence-corrected chi connectivity index (χ2v) is 22.0. The highest BCUT2D eigenvalue weighted by atomic mass is 31.2. The molecule has 0 bridgehead atoms. The molecule has 0 nitrogen and oxygen atoms in total. The number of hydrogen-bond acceptors (Lipinski definition) is 0. The molecule has 0 heterocycles. The second kappa shape index (κ2) is 18.0. The molecule has 0 saturated heterocycles. The monoisotopic (exact) mass is 764 g/mol. The molecule has 0 aliphatic heterocycles. The van der Waals surface area contributed by atoms with Crippen molar-refractivity contribution >= 4 is 74.1 Å². The van der Waals surface area contributed by atoms with Crippen LogP contribution in [0, 0.1) is 0 Å². The Kier molecular flexibility index (Phi) is 12.1. The summed E-state index contributed by atoms with van der Waals surface area (Å²) in [6, 6.07) is 90.9. The second-order valence-electron chi connectivity index (χ2n) is 12.7. The lowest BCUT2D eigenvalue weighted by Gasteiger charge is -2.38. The van der Waals surface area contributed by atoms with Gasteiger partial charge < -0.3 is 0 Å². The lowest BCUT2D eigenvalue weighted by molar-refractivity contribution is 1.73. The third-order valence-electron chi connectivity index (χ3n) is 9.16. The molecule has 8 rings (SSSR count). The highest BCUT2D eigenvalue weighted by molar-refractivity contribution is 8.01. The minimum atomic E-state index is -1.03. The van der Waals surface area contributed by atoms with E-state index in [1.54, 1.807) is 10.1 Å². The molecule has 0 atom stereocenters. The number of benzene rings is 8. The van der Waals surface area contributed by atoms with Crippen molar-refractivity contribution in [1.29, 1.82) is 0 Å². The van der Waals surface area contributed by atoms with E-state index in [1.165, 1.54) is 42.4 Å². The normalized spacial score (nSPS) is 11.3. The summed E-state index contributed by atoms with van der Waals surface area (Å²) < 4.78 is 0. The Morgan fingerprint density at radius 2 is 0.278 bits per heavy atom. The molecule has 260 valence electrons. The van der Waals surface area contributed by atoms with Crippen LogP contribution >= 0.6 is 31.7 Å². The van der Waals surface area contributed by atoms with Gasteiger partial charge in [-0.1, -0.05) is 243 Å². The lowest BCUT2D eigenvalue weighted by Crippen LogP contribution is -2.24. The van der Waals surface area contributed by atoms with Crippen molar-refractivity contribution in [3.05, 3.63) is 253 Å². The Morgan fingerprint density at radius 1 is 0.167 bits per heavy atom. The summed E-state index contributed by atoms with van der Waals surface area (Å²) in [5.41, 5.74) is 0. The van der Waals surface area contributed by atoms with E-state index in [0.29, 0.717) is 0 Å². The summed E-state index contributed by atoms with van der Waals surface area (Å²) in [6.07, 6.45) is 0. The van der Waals surface area contributed by atoms with Gasteiger partial charge in [0.15, 0.2) is 0 Å². The summed E-state index contributed by atoms with van der Waals surface area (Å²) in [7, 11) is -4.10. The zero-order chi connectivity index (χ0) is 36.4. The van der Waals surface area contributed by atoms with Gasteiger partial charge in [-0.25, -0.2) is 0 Å². The fourth-order valence-corrected chi connectivity index (χ4v) is 21.3. The van der Waals surface area contributed by atoms with Crippen LogP contribution in [0.5, 0.6) is 0 Å². The van der Waals surface area contributed by atoms with Crippen LogP contribution in [0.4, 0.5) is 0 Å². The number of hydrogen-bond donors (Lipinski definition) is 0. The quantitative estimate of drug-likeness (QED) is 0.109. The van der Waals surface area contributed by atoms with Gasteiger partial charge in [0.1, 0.15) is 0 Å². The third-order valence-corrected chi connectivity index (χ3v) is 21.4. The molecule has 0 radical (unpaired) electrons. The summed E-state index contributed by atoms with van der Waals surface area (Å²) >= 11 is 0. The van der Waals surface area contributed by atoms with E-state index in [4.69, 9.17) is 0 Å². The molecule has 0 unspecified atom stereocenters. The van der Waals surface area contributed by atoms with Crippen LogP contribution in [0.1, 0.15) is 0 Å². The van der Waals surface area contributed by atoms with Crippen molar-refractivity contribution < 1.29 is 0 Å². The highest BCUT2D eigenvalue weighted by Crippen LogP contribution is 2.72. The van der Waals surface area contributed by atoms with E-state index in [0.717, 1.165) is 0 Å². The Labute approximate surface area is 325 Å². The fourth-order valence-electron chi connectivity index (χ4n) is 6.79. The highest BCUT2D eigenvalue weighted by Gasteiger charge is 2.38. The molecule has 0 saturated carbocycles. The molecule has 8 aromatic carbocycles. The van der Waals surface area contributed by atoms with Crippen molar-refractivity contribution in [2.75, 3.05) is 0 Å². The van der Waals surface area contributed by atoms with Crippen LogP contribution in [-0.4, -0.2) is 0 Å². The SMILES string of the molecule is c1ccc(P(C(=C(P(c2ccccc2)c2ccccc2)P(c2ccccc2)c2ccccc2)P(c2ccccc2)c2ccccc2)c2ccccc2)cc1. The smallest absolute Gasteiger partial charge is 0.00483 e. The van der Waals surface area contributed by atoms with Crippen molar-refractivity contribution in [3.8, 4) is 0 Å². The Morgan fingerprint density at radius 3 is 0.389 bits per heavy atom. The minimum Gasteiger partial charge on any atom is -0.0622 e. The predicted octanol–water partition coefficient (Wildman–Crippen LogP) is 10.6. The third kappa shape index (κ3) is 8.15. The summed E-state index contributed by atoms with van der Waals surface area (Å²) in [5.74, 6) is 0. The molecular weight excluding hydrogens is 724 g/mol. The number of rotatable bonds is 12. The predicted molar refractivity (Wildman–Crippen MR) is 243 cm³/mol. The molecule has 0 amide bonds. The van der Waals surface area contributed by atoms with Crippen LogP contribution in [0.15, 0.2) is 253 Å². The van der Waals surface area contributed by atoms with Gasteiger partial charge in [-0.15, -0.1) is 0 Å². The molecule has 0 N–H and O–H groups in total. The van der Waals surface area contributed by atoms with Crippen LogP contribution in [0.25, 0.3) is 0 Å². The first-order chi connectivity index (χ1) is 26.9. The van der Waals surface area contributed by atoms with E-state index in [-0.39, 0.29) is 0 Å². The first kappa shape index (κ1) is 36.2. The molecule has 54 heavy (non-hydrogen) atoms. The maximum absolute atomic E-state index is 2.38. The lowest BCUT2D eigenvalue weighted by atomic mass is 10.4. The van der Waals surface area contributed by atoms with Gasteiger partial charge in [0.25, 0.3) is 0 Å². The average Bonchev–Trinajstić information content (AvgIpc) is 3.26. The van der Waals surface area contributed by atoms with Crippen molar-refractivity contribution in [1.82, 2.24) is 0 Å². The zero-order valence-electron chi connectivity index (χ0n) is 29.9. The van der Waals surface area contributed by atoms with E-state index in [9.17, 15) is 0 Å². The van der Waals surface area contributed by atoms with Crippen LogP contribution in [0.3, 0.4) is 0 Å². The molecule has 0 fully saturated rings. The molecule has 0 spiro atoms. The van der Waals surface area contributed by atoms with Crippen molar-refractivity contribution in [2.24, 2.45) is 0 Å². The average molecular weight is 765 g/mol. The van der Waals surface area contributed by atoms with Gasteiger partial charge >= 0.3 is 0 Å². The topological polar surface area (TPSA) is 0 Å². The van der Waals surface area contributed by atoms with E-state index >= 15 is 0 Å². The summed E-state index contributed by atoms with van der Waals surface area (Å²) in [6.45, 7) is 0. The molecule has 0 aliphatic rings. The standard InChI is InChI=1S/C50H40P4/c1-9-25-41(26-10-1)51(42-27-11-2-12-28-42)49(52(43-29-13-3-14-30-43)44-31-15-4-16-32-44)50(53(45-33-17-5-18-34-45)46-35-19-6-20-36-46)54(47-37-21-7-22-38-47)48-39-23-8-24-40-48/h1-40H. The van der Waals surface area contributed by atoms with E-state index in [2.05, 4.69) is 243 Å². The Hall–Kier alpha value is -4.78. The minimum absolute atomic E-state index is 1.03. The first-order valence-corrected chi connectivity index (χ1v) is 23.6. The summed E-state index contributed by atoms with van der Waals surface area (Å²) in [4.78, 5) is 0. The van der Waals surface area contributed by atoms with Crippen molar-refractivity contribution in [3.63, 3.8) is 0 Å². The Bertz CT molecular complexity index is 1860. The van der Waals surface area contributed by atoms with Gasteiger partial charge in [0, 0.05) is 10.1 Å². The summed E-state index contributed by atoms with van der Waals surface area (Å²) in [5, 5.41) is 14.1. The Balaban J connectivity index is 1.63. The maximum atomic E-state index is 2.38. The van der Waals surface area contributed by atoms with Gasteiger partial charge in [-0.05, 0) is 74.1 Å². The molecular formula is C50H40P4. The van der Waals surface area contributed by atoms with Gasteiger partial charge in [-0.3, -0.25) is 0 Å². The van der Waals surface area contributed by atoms with Gasteiger partial charge in [0.2, 0.25) is 0 Å². The zero-order valence-corrected chi connectivity index (χ0v) is 33.5. The molecule has 0 aliphatic carbocycles. The molecule has 8 aromatic rings. The van der Waals surface area contributed by atoms with Crippen LogP contribution in [-0.2, 0) is 0 Å². The molecule has 0 aromatic heterocycles. The van der Waals surface area contributed by atoms with Gasteiger partial charge in [-0.2, -0.15) is 0 Å². The maximum Gasteiger partial charge on any atom is 0.00483 e. The van der Waals surface area contributed by atoms with Crippen LogP contribution < -0.4 is 42.4 Å². The van der Waals surface area contributed by atoms with E-state index in [1.807, 2.05) is 0 Å². The van der Waals surface area contributed by atoms with Gasteiger partial charge in [0.05, 0.1) is 0 Å². The van der Waals surface area contributed by atoms with E-state index < -0.39 is 31.7 Å². The van der Waals surface area contributed by atoms with Crippen molar-refractivity contribution in [2.45, 2.75) is 0 Å².